The highest BCUT2D eigenvalue weighted by Crippen LogP contribution is 2.19. The van der Waals surface area contributed by atoms with Crippen LogP contribution in [0.15, 0.2) is 78.9 Å². The van der Waals surface area contributed by atoms with Crippen LogP contribution in [0.4, 0.5) is 0 Å². The summed E-state index contributed by atoms with van der Waals surface area (Å²) < 4.78 is 11.2. The van der Waals surface area contributed by atoms with Crippen LogP contribution in [0.3, 0.4) is 0 Å². The summed E-state index contributed by atoms with van der Waals surface area (Å²) in [5.74, 6) is 0.831. The molecule has 0 aliphatic rings. The van der Waals surface area contributed by atoms with E-state index in [4.69, 9.17) is 9.47 Å². The summed E-state index contributed by atoms with van der Waals surface area (Å²) in [5, 5.41) is 2.99. The van der Waals surface area contributed by atoms with Gasteiger partial charge in [-0.15, -0.1) is 0 Å². The highest BCUT2D eigenvalue weighted by Gasteiger charge is 2.31. The molecule has 0 unspecified atom stereocenters. The minimum Gasteiger partial charge on any atom is -0.497 e. The van der Waals surface area contributed by atoms with Gasteiger partial charge in [0.1, 0.15) is 17.5 Å². The number of nitrogens with one attached hydrogen (secondary N) is 1. The predicted molar refractivity (Wildman–Crippen MR) is 137 cm³/mol. The Balaban J connectivity index is 1.91. The van der Waals surface area contributed by atoms with Gasteiger partial charge in [0.05, 0.1) is 7.11 Å². The van der Waals surface area contributed by atoms with E-state index in [0.717, 1.165) is 16.7 Å². The maximum absolute atomic E-state index is 13.6. The van der Waals surface area contributed by atoms with E-state index in [9.17, 15) is 9.59 Å². The molecule has 0 aliphatic carbocycles. The van der Waals surface area contributed by atoms with Gasteiger partial charge in [-0.1, -0.05) is 60.2 Å². The van der Waals surface area contributed by atoms with Crippen molar-refractivity contribution in [1.29, 1.82) is 0 Å². The molecular weight excluding hydrogens is 440 g/mol. The molecule has 1 atom stereocenters. The number of carbonyl (C=O) groups is 2. The van der Waals surface area contributed by atoms with Crippen molar-refractivity contribution in [1.82, 2.24) is 10.2 Å². The lowest BCUT2D eigenvalue weighted by Gasteiger charge is -2.32. The van der Waals surface area contributed by atoms with Crippen molar-refractivity contribution in [3.05, 3.63) is 95.6 Å². The first-order valence-corrected chi connectivity index (χ1v) is 11.8. The monoisotopic (exact) mass is 474 g/mol. The lowest BCUT2D eigenvalue weighted by atomic mass is 10.0. The fourth-order valence-corrected chi connectivity index (χ4v) is 3.76. The largest absolute Gasteiger partial charge is 0.497 e. The van der Waals surface area contributed by atoms with Crippen molar-refractivity contribution in [2.45, 2.75) is 45.8 Å². The Labute approximate surface area is 207 Å². The molecule has 0 saturated heterocycles. The number of hydrogen-bond donors (Lipinski definition) is 1. The lowest BCUT2D eigenvalue weighted by molar-refractivity contribution is -0.143. The van der Waals surface area contributed by atoms with Crippen molar-refractivity contribution in [3.8, 4) is 11.5 Å². The zero-order valence-corrected chi connectivity index (χ0v) is 20.9. The van der Waals surface area contributed by atoms with E-state index < -0.39 is 6.04 Å². The second kappa shape index (κ2) is 12.6. The summed E-state index contributed by atoms with van der Waals surface area (Å²) in [6, 6.07) is 24.0. The van der Waals surface area contributed by atoms with Crippen LogP contribution in [0.2, 0.25) is 0 Å². The molecule has 1 N–H and O–H groups in total. The normalized spacial score (nSPS) is 11.6. The zero-order chi connectivity index (χ0) is 25.2. The molecular formula is C29H34N2O4. The van der Waals surface area contributed by atoms with E-state index in [1.54, 1.807) is 12.0 Å². The molecule has 0 spiro atoms. The summed E-state index contributed by atoms with van der Waals surface area (Å²) in [6.45, 7) is 5.88. The standard InChI is InChI=1S/C29H34N2O4/c1-21(2)30-29(33)27(18-23-9-6-5-7-10-23)31(19-24-11-8-12-26(17-24)34-4)28(32)20-35-25-15-13-22(3)14-16-25/h5-17,21,27H,18-20H2,1-4H3,(H,30,33)/t27-/m1/s1. The molecule has 0 bridgehead atoms. The molecule has 0 fully saturated rings. The molecule has 0 heterocycles. The van der Waals surface area contributed by atoms with E-state index in [-0.39, 0.29) is 31.0 Å². The first-order chi connectivity index (χ1) is 16.9. The maximum atomic E-state index is 13.6. The molecule has 35 heavy (non-hydrogen) atoms. The van der Waals surface area contributed by atoms with Gasteiger partial charge in [0.2, 0.25) is 5.91 Å². The summed E-state index contributed by atoms with van der Waals surface area (Å²) in [7, 11) is 1.60. The van der Waals surface area contributed by atoms with Gasteiger partial charge < -0.3 is 19.7 Å². The Morgan fingerprint density at radius 3 is 2.23 bits per heavy atom. The molecule has 3 aromatic carbocycles. The number of rotatable bonds is 11. The van der Waals surface area contributed by atoms with Crippen LogP contribution in [-0.2, 0) is 22.6 Å². The number of benzene rings is 3. The van der Waals surface area contributed by atoms with Gasteiger partial charge in [-0.3, -0.25) is 9.59 Å². The number of carbonyl (C=O) groups excluding carboxylic acids is 2. The third-order valence-corrected chi connectivity index (χ3v) is 5.57. The van der Waals surface area contributed by atoms with Crippen molar-refractivity contribution < 1.29 is 19.1 Å². The number of nitrogens with zero attached hydrogens (tertiary/aromatic N) is 1. The number of aryl methyl sites for hydroxylation is 1. The van der Waals surface area contributed by atoms with E-state index in [2.05, 4.69) is 5.32 Å². The fourth-order valence-electron chi connectivity index (χ4n) is 3.76. The molecule has 3 aromatic rings. The van der Waals surface area contributed by atoms with Crippen molar-refractivity contribution in [2.75, 3.05) is 13.7 Å². The highest BCUT2D eigenvalue weighted by atomic mass is 16.5. The third-order valence-electron chi connectivity index (χ3n) is 5.57. The topological polar surface area (TPSA) is 67.9 Å². The van der Waals surface area contributed by atoms with E-state index in [0.29, 0.717) is 17.9 Å². The molecule has 3 rings (SSSR count). The van der Waals surface area contributed by atoms with Gasteiger partial charge in [0.15, 0.2) is 6.61 Å². The van der Waals surface area contributed by atoms with Crippen LogP contribution < -0.4 is 14.8 Å². The van der Waals surface area contributed by atoms with Crippen LogP contribution in [0.1, 0.15) is 30.5 Å². The van der Waals surface area contributed by atoms with E-state index in [1.807, 2.05) is 99.6 Å². The Bertz CT molecular complexity index is 1100. The Morgan fingerprint density at radius 1 is 0.886 bits per heavy atom. The molecule has 6 heteroatoms. The summed E-state index contributed by atoms with van der Waals surface area (Å²) in [6.07, 6.45) is 0.389. The van der Waals surface area contributed by atoms with Crippen LogP contribution >= 0.6 is 0 Å². The second-order valence-electron chi connectivity index (χ2n) is 8.84. The molecule has 2 amide bonds. The van der Waals surface area contributed by atoms with E-state index >= 15 is 0 Å². The average molecular weight is 475 g/mol. The van der Waals surface area contributed by atoms with Gasteiger partial charge in [0.25, 0.3) is 5.91 Å². The number of ether oxygens (including phenoxy) is 2. The minimum absolute atomic E-state index is 0.0571. The van der Waals surface area contributed by atoms with Crippen LogP contribution in [0.5, 0.6) is 11.5 Å². The van der Waals surface area contributed by atoms with Crippen molar-refractivity contribution in [2.24, 2.45) is 0 Å². The van der Waals surface area contributed by atoms with Crippen molar-refractivity contribution >= 4 is 11.8 Å². The number of methoxy groups -OCH3 is 1. The molecule has 0 saturated carbocycles. The van der Waals surface area contributed by atoms with Gasteiger partial charge in [0, 0.05) is 19.0 Å². The third kappa shape index (κ3) is 7.88. The number of amides is 2. The molecule has 6 nitrogen and oxygen atoms in total. The summed E-state index contributed by atoms with van der Waals surface area (Å²) >= 11 is 0. The highest BCUT2D eigenvalue weighted by molar-refractivity contribution is 5.88. The molecule has 0 radical (unpaired) electrons. The summed E-state index contributed by atoms with van der Waals surface area (Å²) in [5.41, 5.74) is 2.94. The van der Waals surface area contributed by atoms with Gasteiger partial charge in [-0.25, -0.2) is 0 Å². The Kier molecular flexibility index (Phi) is 9.30. The Morgan fingerprint density at radius 2 is 1.57 bits per heavy atom. The van der Waals surface area contributed by atoms with Crippen LogP contribution in [0, 0.1) is 6.92 Å². The molecule has 0 aromatic heterocycles. The summed E-state index contributed by atoms with van der Waals surface area (Å²) in [4.78, 5) is 28.5. The van der Waals surface area contributed by atoms with Gasteiger partial charge in [-0.2, -0.15) is 0 Å². The smallest absolute Gasteiger partial charge is 0.261 e. The average Bonchev–Trinajstić information content (AvgIpc) is 2.86. The predicted octanol–water partition coefficient (Wildman–Crippen LogP) is 4.55. The molecule has 0 aliphatic heterocycles. The Hall–Kier alpha value is -3.80. The second-order valence-corrected chi connectivity index (χ2v) is 8.84. The van der Waals surface area contributed by atoms with Crippen LogP contribution in [0.25, 0.3) is 0 Å². The van der Waals surface area contributed by atoms with Gasteiger partial charge >= 0.3 is 0 Å². The minimum atomic E-state index is -0.708. The first-order valence-electron chi connectivity index (χ1n) is 11.8. The first kappa shape index (κ1) is 25.8. The quantitative estimate of drug-likeness (QED) is 0.443. The fraction of sp³-hybridized carbons (Fsp3) is 0.310. The van der Waals surface area contributed by atoms with E-state index in [1.165, 1.54) is 0 Å². The van der Waals surface area contributed by atoms with Crippen LogP contribution in [-0.4, -0.2) is 42.5 Å². The van der Waals surface area contributed by atoms with Crippen molar-refractivity contribution in [3.63, 3.8) is 0 Å². The lowest BCUT2D eigenvalue weighted by Crippen LogP contribution is -2.52. The number of hydrogen-bond acceptors (Lipinski definition) is 4. The zero-order valence-electron chi connectivity index (χ0n) is 20.9. The SMILES string of the molecule is COc1cccc(CN(C(=O)COc2ccc(C)cc2)[C@H](Cc2ccccc2)C(=O)NC(C)C)c1. The molecule has 184 valence electrons. The van der Waals surface area contributed by atoms with Gasteiger partial charge in [-0.05, 0) is 56.2 Å². The maximum Gasteiger partial charge on any atom is 0.261 e.